The maximum Gasteiger partial charge on any atom is 0.274 e. The predicted molar refractivity (Wildman–Crippen MR) is 116 cm³/mol. The van der Waals surface area contributed by atoms with Gasteiger partial charge in [0.05, 0.1) is 0 Å². The minimum atomic E-state index is -0.612. The van der Waals surface area contributed by atoms with E-state index in [1.54, 1.807) is 60.3 Å². The van der Waals surface area contributed by atoms with Crippen molar-refractivity contribution in [2.75, 3.05) is 0 Å². The zero-order valence-corrected chi connectivity index (χ0v) is 16.8. The third-order valence-corrected chi connectivity index (χ3v) is 4.94. The summed E-state index contributed by atoms with van der Waals surface area (Å²) in [5.41, 5.74) is 5.84. The number of nitrogens with one attached hydrogen (secondary N) is 3. The molecule has 0 atom stereocenters. The fourth-order valence-corrected chi connectivity index (χ4v) is 3.28. The predicted octanol–water partition coefficient (Wildman–Crippen LogP) is 3.93. The summed E-state index contributed by atoms with van der Waals surface area (Å²) < 4.78 is 13.4. The highest BCUT2D eigenvalue weighted by atomic mass is 19.1. The molecule has 0 saturated carbocycles. The fourth-order valence-electron chi connectivity index (χ4n) is 3.28. The number of rotatable bonds is 6. The first-order valence-corrected chi connectivity index (χ1v) is 9.76. The summed E-state index contributed by atoms with van der Waals surface area (Å²) in [6, 6.07) is 17.9. The molecular weight excluding hydrogens is 411 g/mol. The van der Waals surface area contributed by atoms with Crippen LogP contribution < -0.4 is 10.8 Å². The first kappa shape index (κ1) is 21.0. The zero-order valence-electron chi connectivity index (χ0n) is 16.8. The van der Waals surface area contributed by atoms with E-state index < -0.39 is 5.91 Å². The van der Waals surface area contributed by atoms with Gasteiger partial charge in [0.2, 0.25) is 0 Å². The van der Waals surface area contributed by atoms with Gasteiger partial charge in [0, 0.05) is 41.3 Å². The van der Waals surface area contributed by atoms with Gasteiger partial charge in [0.25, 0.3) is 11.8 Å². The number of hydroxylamine groups is 1. The van der Waals surface area contributed by atoms with Crippen LogP contribution in [-0.4, -0.2) is 27.0 Å². The van der Waals surface area contributed by atoms with Gasteiger partial charge in [-0.15, -0.1) is 0 Å². The minimum Gasteiger partial charge on any atom is -0.350 e. The lowest BCUT2D eigenvalue weighted by Gasteiger charge is -2.08. The Hall–Kier alpha value is -4.30. The second kappa shape index (κ2) is 9.23. The minimum absolute atomic E-state index is 0.226. The number of carbonyl (C=O) groups excluding carboxylic acids is 2. The van der Waals surface area contributed by atoms with E-state index >= 15 is 0 Å². The monoisotopic (exact) mass is 430 g/mol. The molecule has 4 N–H and O–H groups in total. The molecule has 8 heteroatoms. The number of H-pyrrole nitrogens is 1. The van der Waals surface area contributed by atoms with Gasteiger partial charge < -0.3 is 10.3 Å². The molecule has 7 nitrogen and oxygen atoms in total. The largest absolute Gasteiger partial charge is 0.350 e. The first-order valence-electron chi connectivity index (χ1n) is 9.76. The molecule has 0 aliphatic heterocycles. The van der Waals surface area contributed by atoms with Crippen molar-refractivity contribution in [3.05, 3.63) is 102 Å². The van der Waals surface area contributed by atoms with Crippen LogP contribution in [0.15, 0.2) is 79.1 Å². The Labute approximate surface area is 182 Å². The number of amides is 2. The number of hydrogen-bond donors (Lipinski definition) is 4. The van der Waals surface area contributed by atoms with Crippen LogP contribution >= 0.6 is 0 Å². The average molecular weight is 430 g/mol. The lowest BCUT2D eigenvalue weighted by atomic mass is 10.0. The molecule has 0 bridgehead atoms. The summed E-state index contributed by atoms with van der Waals surface area (Å²) in [5.74, 6) is -1.31. The van der Waals surface area contributed by atoms with E-state index in [1.165, 1.54) is 12.1 Å². The Bertz CT molecular complexity index is 1240. The highest BCUT2D eigenvalue weighted by molar-refractivity contribution is 6.00. The van der Waals surface area contributed by atoms with Crippen molar-refractivity contribution in [2.45, 2.75) is 6.54 Å². The maximum absolute atomic E-state index is 13.4. The molecule has 2 amide bonds. The van der Waals surface area contributed by atoms with Crippen LogP contribution in [0, 0.1) is 5.82 Å². The average Bonchev–Trinajstić information content (AvgIpc) is 3.29. The van der Waals surface area contributed by atoms with E-state index in [2.05, 4.69) is 15.3 Å². The molecule has 0 radical (unpaired) electrons. The Balaban J connectivity index is 1.59. The standard InChI is InChI=1S/C24H19FN4O3/c25-19-9-7-16(8-10-19)20-12-21(18-2-1-11-26-14-18)28-22(20)24(31)27-13-15-3-5-17(6-4-15)23(30)29-32/h1-12,14,28,32H,13H2,(H,27,31)(H,29,30). The topological polar surface area (TPSA) is 107 Å². The van der Waals surface area contributed by atoms with Gasteiger partial charge >= 0.3 is 0 Å². The maximum atomic E-state index is 13.4. The highest BCUT2D eigenvalue weighted by Gasteiger charge is 2.18. The summed E-state index contributed by atoms with van der Waals surface area (Å²) in [6.07, 6.45) is 3.35. The summed E-state index contributed by atoms with van der Waals surface area (Å²) in [7, 11) is 0. The van der Waals surface area contributed by atoms with Crippen molar-refractivity contribution in [3.8, 4) is 22.4 Å². The smallest absolute Gasteiger partial charge is 0.274 e. The Morgan fingerprint density at radius 2 is 1.72 bits per heavy atom. The molecule has 4 aromatic rings. The summed E-state index contributed by atoms with van der Waals surface area (Å²) in [4.78, 5) is 31.7. The Morgan fingerprint density at radius 1 is 0.969 bits per heavy atom. The van der Waals surface area contributed by atoms with Gasteiger partial charge in [0.15, 0.2) is 0 Å². The van der Waals surface area contributed by atoms with Gasteiger partial charge in [-0.05, 0) is 53.6 Å². The normalized spacial score (nSPS) is 10.6. The lowest BCUT2D eigenvalue weighted by Crippen LogP contribution is -2.24. The van der Waals surface area contributed by atoms with Crippen LogP contribution in [0.2, 0.25) is 0 Å². The number of aromatic amines is 1. The van der Waals surface area contributed by atoms with E-state index in [1.807, 2.05) is 12.1 Å². The summed E-state index contributed by atoms with van der Waals surface area (Å²) >= 11 is 0. The lowest BCUT2D eigenvalue weighted by molar-refractivity contribution is 0.0706. The second-order valence-electron chi connectivity index (χ2n) is 7.04. The van der Waals surface area contributed by atoms with Crippen molar-refractivity contribution in [2.24, 2.45) is 0 Å². The van der Waals surface area contributed by atoms with Crippen LogP contribution in [0.25, 0.3) is 22.4 Å². The molecule has 32 heavy (non-hydrogen) atoms. The molecule has 0 aliphatic rings. The van der Waals surface area contributed by atoms with E-state index in [0.717, 1.165) is 11.1 Å². The van der Waals surface area contributed by atoms with Crippen LogP contribution in [0.4, 0.5) is 4.39 Å². The van der Waals surface area contributed by atoms with Gasteiger partial charge in [0.1, 0.15) is 11.5 Å². The number of halogens is 1. The number of hydrogen-bond acceptors (Lipinski definition) is 4. The van der Waals surface area contributed by atoms with E-state index in [4.69, 9.17) is 5.21 Å². The molecule has 0 spiro atoms. The Morgan fingerprint density at radius 3 is 2.38 bits per heavy atom. The number of aromatic nitrogens is 2. The zero-order chi connectivity index (χ0) is 22.5. The van der Waals surface area contributed by atoms with Crippen LogP contribution in [-0.2, 0) is 6.54 Å². The van der Waals surface area contributed by atoms with Crippen molar-refractivity contribution in [3.63, 3.8) is 0 Å². The van der Waals surface area contributed by atoms with E-state index in [0.29, 0.717) is 28.1 Å². The molecule has 0 aliphatic carbocycles. The molecule has 0 fully saturated rings. The first-order chi connectivity index (χ1) is 15.5. The number of nitrogens with zero attached hydrogens (tertiary/aromatic N) is 1. The molecule has 0 unspecified atom stereocenters. The fraction of sp³-hybridized carbons (Fsp3) is 0.0417. The van der Waals surface area contributed by atoms with Gasteiger partial charge in [-0.2, -0.15) is 0 Å². The van der Waals surface area contributed by atoms with Gasteiger partial charge in [-0.25, -0.2) is 9.87 Å². The second-order valence-corrected chi connectivity index (χ2v) is 7.04. The molecule has 0 saturated heterocycles. The van der Waals surface area contributed by atoms with Crippen molar-refractivity contribution < 1.29 is 19.2 Å². The Kier molecular flexibility index (Phi) is 6.05. The van der Waals surface area contributed by atoms with Crippen molar-refractivity contribution in [1.82, 2.24) is 20.8 Å². The molecule has 2 aromatic heterocycles. The molecule has 160 valence electrons. The van der Waals surface area contributed by atoms with E-state index in [-0.39, 0.29) is 18.3 Å². The van der Waals surface area contributed by atoms with Gasteiger partial charge in [-0.3, -0.25) is 19.8 Å². The number of benzene rings is 2. The van der Waals surface area contributed by atoms with E-state index in [9.17, 15) is 14.0 Å². The molecule has 2 heterocycles. The SMILES string of the molecule is O=C(NO)c1ccc(CNC(=O)c2[nH]c(-c3cccnc3)cc2-c2ccc(F)cc2)cc1. The number of carbonyl (C=O) groups is 2. The molecular formula is C24H19FN4O3. The van der Waals surface area contributed by atoms with Gasteiger partial charge in [-0.1, -0.05) is 24.3 Å². The summed E-state index contributed by atoms with van der Waals surface area (Å²) in [6.45, 7) is 0.226. The van der Waals surface area contributed by atoms with Crippen LogP contribution in [0.1, 0.15) is 26.4 Å². The van der Waals surface area contributed by atoms with Crippen LogP contribution in [0.3, 0.4) is 0 Å². The third kappa shape index (κ3) is 4.55. The molecule has 2 aromatic carbocycles. The quantitative estimate of drug-likeness (QED) is 0.275. The highest BCUT2D eigenvalue weighted by Crippen LogP contribution is 2.30. The molecule has 4 rings (SSSR count). The van der Waals surface area contributed by atoms with Crippen molar-refractivity contribution >= 4 is 11.8 Å². The third-order valence-electron chi connectivity index (χ3n) is 4.94. The summed E-state index contributed by atoms with van der Waals surface area (Å²) in [5, 5.41) is 11.5. The number of pyridine rings is 1. The van der Waals surface area contributed by atoms with Crippen LogP contribution in [0.5, 0.6) is 0 Å². The van der Waals surface area contributed by atoms with Crippen molar-refractivity contribution in [1.29, 1.82) is 0 Å².